The van der Waals surface area contributed by atoms with Gasteiger partial charge in [-0.25, -0.2) is 0 Å². The molecule has 1 rings (SSSR count). The molecule has 0 aromatic carbocycles. The van der Waals surface area contributed by atoms with E-state index in [-0.39, 0.29) is 5.97 Å². The molecule has 2 N–H and O–H groups in total. The van der Waals surface area contributed by atoms with Crippen LogP contribution < -0.4 is 5.73 Å². The third-order valence-electron chi connectivity index (χ3n) is 3.30. The fraction of sp³-hybridized carbons (Fsp3) is 0.917. The normalized spacial score (nSPS) is 20.9. The fourth-order valence-electron chi connectivity index (χ4n) is 1.82. The molecule has 1 fully saturated rings. The number of hydrogen-bond donors (Lipinski definition) is 1. The molecule has 1 heterocycles. The molecule has 5 heteroatoms. The van der Waals surface area contributed by atoms with E-state index in [4.69, 9.17) is 15.2 Å². The molecule has 0 saturated carbocycles. The number of ether oxygens (including phenoxy) is 2. The standard InChI is InChI=1S/C12H24N2O3/c1-3-17-11(15)12(2,10-13)4-5-14-6-8-16-9-7-14/h3-10,13H2,1-2H3. The van der Waals surface area contributed by atoms with Crippen LogP contribution in [-0.2, 0) is 14.3 Å². The SMILES string of the molecule is CCOC(=O)C(C)(CN)CCN1CCOCC1. The van der Waals surface area contributed by atoms with Gasteiger partial charge in [0.15, 0.2) is 0 Å². The van der Waals surface area contributed by atoms with E-state index in [1.54, 1.807) is 0 Å². The van der Waals surface area contributed by atoms with Gasteiger partial charge in [0.05, 0.1) is 25.2 Å². The molecule has 0 spiro atoms. The Kier molecular flexibility index (Phi) is 5.88. The number of nitrogens with two attached hydrogens (primary N) is 1. The molecule has 0 aromatic heterocycles. The van der Waals surface area contributed by atoms with Gasteiger partial charge in [0, 0.05) is 19.6 Å². The van der Waals surface area contributed by atoms with Crippen molar-refractivity contribution in [3.05, 3.63) is 0 Å². The summed E-state index contributed by atoms with van der Waals surface area (Å²) in [6.45, 7) is 8.73. The molecule has 0 aromatic rings. The van der Waals surface area contributed by atoms with Crippen LogP contribution in [0.1, 0.15) is 20.3 Å². The Morgan fingerprint density at radius 1 is 1.47 bits per heavy atom. The molecule has 1 aliphatic rings. The molecule has 1 saturated heterocycles. The van der Waals surface area contributed by atoms with Gasteiger partial charge in [-0.1, -0.05) is 0 Å². The minimum absolute atomic E-state index is 0.184. The zero-order chi connectivity index (χ0) is 12.7. The minimum Gasteiger partial charge on any atom is -0.466 e. The monoisotopic (exact) mass is 244 g/mol. The van der Waals surface area contributed by atoms with Crippen molar-refractivity contribution < 1.29 is 14.3 Å². The molecule has 1 atom stereocenters. The van der Waals surface area contributed by atoms with E-state index >= 15 is 0 Å². The van der Waals surface area contributed by atoms with Crippen LogP contribution in [0.15, 0.2) is 0 Å². The first-order chi connectivity index (χ1) is 8.12. The largest absolute Gasteiger partial charge is 0.466 e. The molecule has 0 aliphatic carbocycles. The summed E-state index contributed by atoms with van der Waals surface area (Å²) in [6.07, 6.45) is 0.738. The first-order valence-corrected chi connectivity index (χ1v) is 6.30. The average Bonchev–Trinajstić information content (AvgIpc) is 2.37. The highest BCUT2D eigenvalue weighted by atomic mass is 16.5. The first kappa shape index (κ1) is 14.4. The van der Waals surface area contributed by atoms with Gasteiger partial charge in [-0.2, -0.15) is 0 Å². The highest BCUT2D eigenvalue weighted by Gasteiger charge is 2.33. The van der Waals surface area contributed by atoms with Crippen LogP contribution in [-0.4, -0.2) is 56.9 Å². The van der Waals surface area contributed by atoms with Crippen LogP contribution >= 0.6 is 0 Å². The second kappa shape index (κ2) is 6.93. The van der Waals surface area contributed by atoms with Gasteiger partial charge in [-0.3, -0.25) is 9.69 Å². The maximum absolute atomic E-state index is 11.8. The predicted molar refractivity (Wildman–Crippen MR) is 65.7 cm³/mol. The molecule has 17 heavy (non-hydrogen) atoms. The van der Waals surface area contributed by atoms with E-state index in [1.807, 2.05) is 13.8 Å². The van der Waals surface area contributed by atoms with E-state index in [0.717, 1.165) is 39.3 Å². The van der Waals surface area contributed by atoms with E-state index in [0.29, 0.717) is 13.2 Å². The number of rotatable bonds is 6. The number of esters is 1. The van der Waals surface area contributed by atoms with E-state index in [1.165, 1.54) is 0 Å². The lowest BCUT2D eigenvalue weighted by atomic mass is 9.86. The summed E-state index contributed by atoms with van der Waals surface area (Å²) < 4.78 is 10.4. The number of nitrogens with zero attached hydrogens (tertiary/aromatic N) is 1. The number of carbonyl (C=O) groups excluding carboxylic acids is 1. The van der Waals surface area contributed by atoms with Crippen LogP contribution in [0, 0.1) is 5.41 Å². The Morgan fingerprint density at radius 2 is 2.12 bits per heavy atom. The van der Waals surface area contributed by atoms with Crippen LogP contribution in [0.3, 0.4) is 0 Å². The molecule has 0 radical (unpaired) electrons. The summed E-state index contributed by atoms with van der Waals surface area (Å²) in [5.74, 6) is -0.184. The van der Waals surface area contributed by atoms with E-state index < -0.39 is 5.41 Å². The van der Waals surface area contributed by atoms with Gasteiger partial charge in [0.25, 0.3) is 0 Å². The van der Waals surface area contributed by atoms with Crippen molar-refractivity contribution in [3.8, 4) is 0 Å². The lowest BCUT2D eigenvalue weighted by Gasteiger charge is -2.31. The number of hydrogen-bond acceptors (Lipinski definition) is 5. The average molecular weight is 244 g/mol. The summed E-state index contributed by atoms with van der Waals surface area (Å²) >= 11 is 0. The summed E-state index contributed by atoms with van der Waals surface area (Å²) in [7, 11) is 0. The van der Waals surface area contributed by atoms with Crippen molar-refractivity contribution >= 4 is 5.97 Å². The molecule has 5 nitrogen and oxygen atoms in total. The zero-order valence-electron chi connectivity index (χ0n) is 10.9. The second-order valence-electron chi connectivity index (χ2n) is 4.69. The van der Waals surface area contributed by atoms with Crippen molar-refractivity contribution in [3.63, 3.8) is 0 Å². The van der Waals surface area contributed by atoms with Crippen molar-refractivity contribution in [2.75, 3.05) is 46.0 Å². The zero-order valence-corrected chi connectivity index (χ0v) is 10.9. The van der Waals surface area contributed by atoms with Crippen LogP contribution in [0.4, 0.5) is 0 Å². The van der Waals surface area contributed by atoms with Crippen molar-refractivity contribution in [1.82, 2.24) is 4.90 Å². The molecule has 100 valence electrons. The Balaban J connectivity index is 2.41. The molecule has 1 unspecified atom stereocenters. The lowest BCUT2D eigenvalue weighted by Crippen LogP contribution is -2.43. The molecular formula is C12H24N2O3. The third kappa shape index (κ3) is 4.26. The first-order valence-electron chi connectivity index (χ1n) is 6.30. The van der Waals surface area contributed by atoms with Crippen LogP contribution in [0.2, 0.25) is 0 Å². The van der Waals surface area contributed by atoms with Gasteiger partial charge >= 0.3 is 5.97 Å². The Labute approximate surface area is 103 Å². The molecular weight excluding hydrogens is 220 g/mol. The summed E-state index contributed by atoms with van der Waals surface area (Å²) in [5.41, 5.74) is 5.15. The summed E-state index contributed by atoms with van der Waals surface area (Å²) in [5, 5.41) is 0. The number of carbonyl (C=O) groups is 1. The summed E-state index contributed by atoms with van der Waals surface area (Å²) in [4.78, 5) is 14.1. The van der Waals surface area contributed by atoms with Crippen molar-refractivity contribution in [2.24, 2.45) is 11.1 Å². The second-order valence-corrected chi connectivity index (χ2v) is 4.69. The van der Waals surface area contributed by atoms with Gasteiger partial charge < -0.3 is 15.2 Å². The Bertz CT molecular complexity index is 242. The van der Waals surface area contributed by atoms with Gasteiger partial charge in [0.1, 0.15) is 0 Å². The van der Waals surface area contributed by atoms with Crippen molar-refractivity contribution in [2.45, 2.75) is 20.3 Å². The maximum atomic E-state index is 11.8. The molecule has 0 amide bonds. The Hall–Kier alpha value is -0.650. The molecule has 0 bridgehead atoms. The highest BCUT2D eigenvalue weighted by molar-refractivity contribution is 5.76. The van der Waals surface area contributed by atoms with Crippen LogP contribution in [0.5, 0.6) is 0 Å². The summed E-state index contributed by atoms with van der Waals surface area (Å²) in [6, 6.07) is 0. The quantitative estimate of drug-likeness (QED) is 0.678. The minimum atomic E-state index is -0.561. The van der Waals surface area contributed by atoms with E-state index in [9.17, 15) is 4.79 Å². The smallest absolute Gasteiger partial charge is 0.313 e. The molecule has 1 aliphatic heterocycles. The highest BCUT2D eigenvalue weighted by Crippen LogP contribution is 2.22. The van der Waals surface area contributed by atoms with Crippen LogP contribution in [0.25, 0.3) is 0 Å². The van der Waals surface area contributed by atoms with Gasteiger partial charge in [-0.05, 0) is 26.8 Å². The third-order valence-corrected chi connectivity index (χ3v) is 3.30. The topological polar surface area (TPSA) is 64.8 Å². The van der Waals surface area contributed by atoms with Gasteiger partial charge in [0.2, 0.25) is 0 Å². The van der Waals surface area contributed by atoms with Crippen molar-refractivity contribution in [1.29, 1.82) is 0 Å². The van der Waals surface area contributed by atoms with E-state index in [2.05, 4.69) is 4.90 Å². The maximum Gasteiger partial charge on any atom is 0.313 e. The number of morpholine rings is 1. The van der Waals surface area contributed by atoms with Gasteiger partial charge in [-0.15, -0.1) is 0 Å². The Morgan fingerprint density at radius 3 is 2.65 bits per heavy atom. The predicted octanol–water partition coefficient (Wildman–Crippen LogP) is 0.237. The lowest BCUT2D eigenvalue weighted by molar-refractivity contribution is -0.154. The fourth-order valence-corrected chi connectivity index (χ4v) is 1.82.